The largest absolute Gasteiger partial charge is 0.497 e. The summed E-state index contributed by atoms with van der Waals surface area (Å²) < 4.78 is 10.6. The van der Waals surface area contributed by atoms with Crippen molar-refractivity contribution in [1.82, 2.24) is 16.0 Å². The lowest BCUT2D eigenvalue weighted by atomic mass is 10.1. The van der Waals surface area contributed by atoms with Crippen molar-refractivity contribution in [2.24, 2.45) is 0 Å². The minimum absolute atomic E-state index is 0.829. The molecule has 3 saturated heterocycles. The lowest BCUT2D eigenvalue weighted by Gasteiger charge is -2.30. The summed E-state index contributed by atoms with van der Waals surface area (Å²) in [7, 11) is 3.36. The van der Waals surface area contributed by atoms with Crippen LogP contribution in [0.1, 0.15) is 83.5 Å². The summed E-state index contributed by atoms with van der Waals surface area (Å²) in [4.78, 5) is 2.33. The van der Waals surface area contributed by atoms with Crippen LogP contribution in [0.3, 0.4) is 0 Å². The zero-order chi connectivity index (χ0) is 24.8. The van der Waals surface area contributed by atoms with Gasteiger partial charge in [-0.05, 0) is 57.6 Å². The highest BCUT2D eigenvalue weighted by Gasteiger charge is 2.15. The van der Waals surface area contributed by atoms with Crippen molar-refractivity contribution in [3.63, 3.8) is 0 Å². The van der Waals surface area contributed by atoms with Crippen LogP contribution in [0.2, 0.25) is 0 Å². The molecule has 0 radical (unpaired) electrons. The van der Waals surface area contributed by atoms with Crippen LogP contribution >= 0.6 is 0 Å². The molecule has 5 rings (SSSR count). The first-order valence-electron chi connectivity index (χ1n) is 14.4. The maximum absolute atomic E-state index is 5.40. The Balaban J connectivity index is 0.000000188. The highest BCUT2D eigenvalue weighted by molar-refractivity contribution is 5.61. The van der Waals surface area contributed by atoms with Crippen LogP contribution in [0, 0.1) is 0 Å². The van der Waals surface area contributed by atoms with E-state index in [9.17, 15) is 0 Å². The van der Waals surface area contributed by atoms with Crippen molar-refractivity contribution in [1.29, 1.82) is 0 Å². The molecule has 0 bridgehead atoms. The van der Waals surface area contributed by atoms with Gasteiger partial charge in [0.25, 0.3) is 0 Å². The summed E-state index contributed by atoms with van der Waals surface area (Å²) in [5, 5.41) is 9.84. The molecular weight excluding hydrogens is 436 g/mol. The molecule has 0 spiro atoms. The number of benzene rings is 1. The molecule has 0 atom stereocenters. The molecule has 4 fully saturated rings. The fourth-order valence-electron chi connectivity index (χ4n) is 4.52. The maximum Gasteiger partial charge on any atom is 0.145 e. The Hall–Kier alpha value is -1.50. The minimum Gasteiger partial charge on any atom is -0.497 e. The molecule has 0 unspecified atom stereocenters. The van der Waals surface area contributed by atoms with Crippen molar-refractivity contribution in [3.05, 3.63) is 18.2 Å². The molecule has 3 N–H and O–H groups in total. The second kappa shape index (κ2) is 20.7. The first-order valence-corrected chi connectivity index (χ1v) is 14.4. The minimum atomic E-state index is 0.829. The second-order valence-corrected chi connectivity index (χ2v) is 9.87. The third-order valence-corrected chi connectivity index (χ3v) is 7.01. The summed E-state index contributed by atoms with van der Waals surface area (Å²) in [6, 6.07) is 5.96. The van der Waals surface area contributed by atoms with Crippen molar-refractivity contribution < 1.29 is 9.47 Å². The van der Waals surface area contributed by atoms with Gasteiger partial charge in [0.2, 0.25) is 0 Å². The van der Waals surface area contributed by atoms with Gasteiger partial charge in [-0.2, -0.15) is 0 Å². The van der Waals surface area contributed by atoms with E-state index in [-0.39, 0.29) is 0 Å². The normalized spacial score (nSPS) is 20.3. The lowest BCUT2D eigenvalue weighted by Crippen LogP contribution is -2.43. The standard InChI is InChI=1S/C12H18N2O2.C7H15N.C7H14.C3H7N/c1-15-10-3-4-11(12(9-10)16-2)14-7-5-13-6-8-14;1-2-4-6-8-7-5-3-1;1-2-4-6-7-5-3-1;1-2-4-3-1/h3-4,9,13H,5-8H2,1-2H3;8H,1-7H2;1-7H2;4H,1-3H2. The van der Waals surface area contributed by atoms with Gasteiger partial charge in [0.05, 0.1) is 19.9 Å². The van der Waals surface area contributed by atoms with Gasteiger partial charge in [0, 0.05) is 32.2 Å². The Morgan fingerprint density at radius 2 is 0.971 bits per heavy atom. The molecule has 4 aliphatic rings. The number of piperazine rings is 1. The zero-order valence-electron chi connectivity index (χ0n) is 22.8. The highest BCUT2D eigenvalue weighted by atomic mass is 16.5. The van der Waals surface area contributed by atoms with Gasteiger partial charge in [0.1, 0.15) is 11.5 Å². The fraction of sp³-hybridized carbons (Fsp3) is 0.793. The van der Waals surface area contributed by atoms with Gasteiger partial charge in [0.15, 0.2) is 0 Å². The van der Waals surface area contributed by atoms with E-state index in [0.29, 0.717) is 0 Å². The molecule has 0 aromatic heterocycles. The number of anilines is 1. The lowest BCUT2D eigenvalue weighted by molar-refractivity contribution is 0.393. The number of hydrogen-bond acceptors (Lipinski definition) is 6. The fourth-order valence-corrected chi connectivity index (χ4v) is 4.52. The van der Waals surface area contributed by atoms with Crippen molar-refractivity contribution in [2.45, 2.75) is 83.5 Å². The van der Waals surface area contributed by atoms with E-state index in [4.69, 9.17) is 9.47 Å². The van der Waals surface area contributed by atoms with Crippen molar-refractivity contribution >= 4 is 5.69 Å². The molecule has 3 aliphatic heterocycles. The average molecular weight is 491 g/mol. The molecule has 1 saturated carbocycles. The summed E-state index contributed by atoms with van der Waals surface area (Å²) in [6.07, 6.45) is 19.0. The second-order valence-electron chi connectivity index (χ2n) is 9.87. The van der Waals surface area contributed by atoms with E-state index in [1.165, 1.54) is 110 Å². The third-order valence-electron chi connectivity index (χ3n) is 7.01. The van der Waals surface area contributed by atoms with Crippen LogP contribution in [0.25, 0.3) is 0 Å². The van der Waals surface area contributed by atoms with Crippen molar-refractivity contribution in [3.8, 4) is 11.5 Å². The molecule has 3 heterocycles. The first-order chi connectivity index (χ1) is 17.3. The van der Waals surface area contributed by atoms with Crippen LogP contribution in [0.4, 0.5) is 5.69 Å². The molecule has 6 heteroatoms. The van der Waals surface area contributed by atoms with Gasteiger partial charge < -0.3 is 30.3 Å². The summed E-state index contributed by atoms with van der Waals surface area (Å²) in [6.45, 7) is 9.08. The summed E-state index contributed by atoms with van der Waals surface area (Å²) in [5.74, 6) is 1.71. The Kier molecular flexibility index (Phi) is 17.6. The Bertz CT molecular complexity index is 571. The number of ether oxygens (including phenoxy) is 2. The molecule has 35 heavy (non-hydrogen) atoms. The molecule has 1 aromatic rings. The predicted molar refractivity (Wildman–Crippen MR) is 150 cm³/mol. The molecule has 202 valence electrons. The zero-order valence-corrected chi connectivity index (χ0v) is 22.8. The van der Waals surface area contributed by atoms with Crippen LogP contribution in [-0.4, -0.2) is 66.6 Å². The number of rotatable bonds is 3. The van der Waals surface area contributed by atoms with E-state index < -0.39 is 0 Å². The number of nitrogens with zero attached hydrogens (tertiary/aromatic N) is 1. The Morgan fingerprint density at radius 3 is 1.40 bits per heavy atom. The van der Waals surface area contributed by atoms with Crippen LogP contribution in [0.15, 0.2) is 18.2 Å². The molecule has 6 nitrogen and oxygen atoms in total. The van der Waals surface area contributed by atoms with Crippen LogP contribution < -0.4 is 30.3 Å². The SMILES string of the molecule is C1CCCCCC1.C1CCCNCCC1.C1CNC1.COc1ccc(N2CCNCC2)c(OC)c1. The van der Waals surface area contributed by atoms with Gasteiger partial charge in [-0.3, -0.25) is 0 Å². The third kappa shape index (κ3) is 14.0. The average Bonchev–Trinajstić information content (AvgIpc) is 3.17. The predicted octanol–water partition coefficient (Wildman–Crippen LogP) is 5.36. The van der Waals surface area contributed by atoms with Gasteiger partial charge in [-0.1, -0.05) is 64.2 Å². The quantitative estimate of drug-likeness (QED) is 0.496. The van der Waals surface area contributed by atoms with Gasteiger partial charge in [-0.25, -0.2) is 0 Å². The highest BCUT2D eigenvalue weighted by Crippen LogP contribution is 2.32. The first kappa shape index (κ1) is 29.7. The maximum atomic E-state index is 5.40. The summed E-state index contributed by atoms with van der Waals surface area (Å²) >= 11 is 0. The van der Waals surface area contributed by atoms with Crippen molar-refractivity contribution in [2.75, 3.05) is 71.5 Å². The molecular formula is C29H54N4O2. The summed E-state index contributed by atoms with van der Waals surface area (Å²) in [5.41, 5.74) is 1.14. The van der Waals surface area contributed by atoms with Gasteiger partial charge in [-0.15, -0.1) is 0 Å². The smallest absolute Gasteiger partial charge is 0.145 e. The Labute approximate surface area is 215 Å². The molecule has 1 aromatic carbocycles. The topological polar surface area (TPSA) is 57.8 Å². The van der Waals surface area contributed by atoms with E-state index in [2.05, 4.69) is 26.9 Å². The van der Waals surface area contributed by atoms with E-state index >= 15 is 0 Å². The number of nitrogens with one attached hydrogen (secondary N) is 3. The van der Waals surface area contributed by atoms with Crippen LogP contribution in [-0.2, 0) is 0 Å². The van der Waals surface area contributed by atoms with E-state index in [1.807, 2.05) is 12.1 Å². The molecule has 0 amide bonds. The van der Waals surface area contributed by atoms with E-state index in [0.717, 1.165) is 43.4 Å². The monoisotopic (exact) mass is 490 g/mol. The molecule has 1 aliphatic carbocycles. The number of methoxy groups -OCH3 is 2. The van der Waals surface area contributed by atoms with Crippen LogP contribution in [0.5, 0.6) is 11.5 Å². The Morgan fingerprint density at radius 1 is 0.543 bits per heavy atom. The van der Waals surface area contributed by atoms with Gasteiger partial charge >= 0.3 is 0 Å². The van der Waals surface area contributed by atoms with E-state index in [1.54, 1.807) is 14.2 Å². The number of hydrogen-bond donors (Lipinski definition) is 3.